The zero-order chi connectivity index (χ0) is 15.5. The van der Waals surface area contributed by atoms with Crippen LogP contribution in [0.2, 0.25) is 5.02 Å². The number of aliphatic hydroxyl groups is 1. The van der Waals surface area contributed by atoms with Gasteiger partial charge >= 0.3 is 0 Å². The number of carbonyl (C=O) groups excluding carboxylic acids is 1. The van der Waals surface area contributed by atoms with Gasteiger partial charge in [-0.15, -0.1) is 0 Å². The Balaban J connectivity index is 1.35. The van der Waals surface area contributed by atoms with Crippen LogP contribution in [0, 0.1) is 11.8 Å². The van der Waals surface area contributed by atoms with E-state index in [1.165, 1.54) is 12.8 Å². The maximum absolute atomic E-state index is 12.1. The molecule has 1 aromatic carbocycles. The third-order valence-electron chi connectivity index (χ3n) is 4.30. The van der Waals surface area contributed by atoms with Gasteiger partial charge in [0.25, 0.3) is 0 Å². The third-order valence-corrected chi connectivity index (χ3v) is 4.55. The van der Waals surface area contributed by atoms with Gasteiger partial charge < -0.3 is 15.2 Å². The molecule has 1 aromatic rings. The van der Waals surface area contributed by atoms with E-state index in [9.17, 15) is 9.90 Å². The van der Waals surface area contributed by atoms with Crippen molar-refractivity contribution in [1.29, 1.82) is 0 Å². The summed E-state index contributed by atoms with van der Waals surface area (Å²) in [5.41, 5.74) is 1.15. The van der Waals surface area contributed by atoms with Gasteiger partial charge in [-0.05, 0) is 48.8 Å². The van der Waals surface area contributed by atoms with Crippen LogP contribution in [-0.4, -0.2) is 36.9 Å². The lowest BCUT2D eigenvalue weighted by Crippen LogP contribution is -2.35. The maximum atomic E-state index is 12.1. The summed E-state index contributed by atoms with van der Waals surface area (Å²) in [6.45, 7) is 1.28. The van der Waals surface area contributed by atoms with Crippen LogP contribution >= 0.6 is 11.6 Å². The zero-order valence-corrected chi connectivity index (χ0v) is 13.3. The van der Waals surface area contributed by atoms with E-state index >= 15 is 0 Å². The molecule has 4 nitrogen and oxygen atoms in total. The molecule has 5 heteroatoms. The molecule has 2 aliphatic rings. The Morgan fingerprint density at radius 2 is 2.09 bits per heavy atom. The summed E-state index contributed by atoms with van der Waals surface area (Å²) in [4.78, 5) is 12.1. The zero-order valence-electron chi connectivity index (χ0n) is 12.5. The normalized spacial score (nSPS) is 24.8. The fourth-order valence-electron chi connectivity index (χ4n) is 2.63. The molecule has 2 N–H and O–H groups in total. The lowest BCUT2D eigenvalue weighted by atomic mass is 10.1. The minimum atomic E-state index is -0.629. The van der Waals surface area contributed by atoms with Gasteiger partial charge in [0.05, 0.1) is 12.7 Å². The van der Waals surface area contributed by atoms with Crippen LogP contribution in [0.15, 0.2) is 24.3 Å². The topological polar surface area (TPSA) is 58.6 Å². The van der Waals surface area contributed by atoms with Crippen LogP contribution in [0.5, 0.6) is 0 Å². The van der Waals surface area contributed by atoms with Crippen molar-refractivity contribution in [3.63, 3.8) is 0 Å². The lowest BCUT2D eigenvalue weighted by Gasteiger charge is -2.12. The second-order valence-corrected chi connectivity index (χ2v) is 6.82. The monoisotopic (exact) mass is 323 g/mol. The van der Waals surface area contributed by atoms with E-state index in [4.69, 9.17) is 16.3 Å². The number of amides is 1. The van der Waals surface area contributed by atoms with Crippen molar-refractivity contribution >= 4 is 17.5 Å². The molecule has 0 heterocycles. The van der Waals surface area contributed by atoms with E-state index in [-0.39, 0.29) is 24.3 Å². The summed E-state index contributed by atoms with van der Waals surface area (Å²) in [7, 11) is 0. The van der Waals surface area contributed by atoms with Crippen molar-refractivity contribution in [1.82, 2.24) is 5.32 Å². The van der Waals surface area contributed by atoms with Crippen LogP contribution in [0.4, 0.5) is 0 Å². The number of carbonyl (C=O) groups is 1. The SMILES string of the molecule is O=C(NCC(O)COCC1CC1)C1CC1c1ccc(Cl)cc1. The standard InChI is InChI=1S/C17H22ClNO3/c18-13-5-3-12(4-6-13)15-7-16(15)17(21)19-8-14(20)10-22-9-11-1-2-11/h3-6,11,14-16,20H,1-2,7-10H2,(H,19,21). The van der Waals surface area contributed by atoms with Crippen molar-refractivity contribution in [3.8, 4) is 0 Å². The highest BCUT2D eigenvalue weighted by molar-refractivity contribution is 6.30. The summed E-state index contributed by atoms with van der Waals surface area (Å²) < 4.78 is 5.42. The predicted molar refractivity (Wildman–Crippen MR) is 84.9 cm³/mol. The van der Waals surface area contributed by atoms with Crippen molar-refractivity contribution in [2.75, 3.05) is 19.8 Å². The second kappa shape index (κ2) is 6.99. The van der Waals surface area contributed by atoms with Gasteiger partial charge in [-0.2, -0.15) is 0 Å². The maximum Gasteiger partial charge on any atom is 0.223 e. The number of aliphatic hydroxyl groups excluding tert-OH is 1. The second-order valence-electron chi connectivity index (χ2n) is 6.38. The van der Waals surface area contributed by atoms with Crippen LogP contribution in [-0.2, 0) is 9.53 Å². The lowest BCUT2D eigenvalue weighted by molar-refractivity contribution is -0.123. The van der Waals surface area contributed by atoms with Gasteiger partial charge in [0.2, 0.25) is 5.91 Å². The van der Waals surface area contributed by atoms with E-state index in [0.717, 1.165) is 18.6 Å². The molecule has 0 spiro atoms. The Morgan fingerprint density at radius 1 is 1.36 bits per heavy atom. The number of benzene rings is 1. The molecule has 22 heavy (non-hydrogen) atoms. The summed E-state index contributed by atoms with van der Waals surface area (Å²) in [5.74, 6) is 0.996. The van der Waals surface area contributed by atoms with E-state index in [1.54, 1.807) is 0 Å². The van der Waals surface area contributed by atoms with Crippen LogP contribution in [0.25, 0.3) is 0 Å². The minimum Gasteiger partial charge on any atom is -0.389 e. The van der Waals surface area contributed by atoms with E-state index < -0.39 is 6.10 Å². The molecular formula is C17H22ClNO3. The van der Waals surface area contributed by atoms with E-state index in [1.807, 2.05) is 24.3 Å². The van der Waals surface area contributed by atoms with E-state index in [2.05, 4.69) is 5.32 Å². The van der Waals surface area contributed by atoms with Gasteiger partial charge in [-0.1, -0.05) is 23.7 Å². The number of hydrogen-bond donors (Lipinski definition) is 2. The smallest absolute Gasteiger partial charge is 0.223 e. The largest absolute Gasteiger partial charge is 0.389 e. The van der Waals surface area contributed by atoms with E-state index in [0.29, 0.717) is 17.5 Å². The van der Waals surface area contributed by atoms with Gasteiger partial charge in [-0.3, -0.25) is 4.79 Å². The Kier molecular flexibility index (Phi) is 5.01. The summed E-state index contributed by atoms with van der Waals surface area (Å²) >= 11 is 5.87. The van der Waals surface area contributed by atoms with Gasteiger partial charge in [0, 0.05) is 24.1 Å². The highest BCUT2D eigenvalue weighted by atomic mass is 35.5. The molecule has 1 amide bonds. The first-order valence-electron chi connectivity index (χ1n) is 7.92. The predicted octanol–water partition coefficient (Wildman–Crippen LogP) is 2.35. The summed E-state index contributed by atoms with van der Waals surface area (Å²) in [6, 6.07) is 7.65. The average molecular weight is 324 g/mol. The first kappa shape index (κ1) is 15.8. The number of halogens is 1. The molecule has 0 aromatic heterocycles. The van der Waals surface area contributed by atoms with Crippen LogP contribution in [0.3, 0.4) is 0 Å². The molecule has 2 aliphatic carbocycles. The molecular weight excluding hydrogens is 302 g/mol. The quantitative estimate of drug-likeness (QED) is 0.772. The molecule has 0 aliphatic heterocycles. The Labute approximate surface area is 135 Å². The number of hydrogen-bond acceptors (Lipinski definition) is 3. The van der Waals surface area contributed by atoms with Crippen molar-refractivity contribution in [2.24, 2.45) is 11.8 Å². The number of nitrogens with one attached hydrogen (secondary N) is 1. The molecule has 3 unspecified atom stereocenters. The highest BCUT2D eigenvalue weighted by Crippen LogP contribution is 2.47. The van der Waals surface area contributed by atoms with Crippen molar-refractivity contribution in [2.45, 2.75) is 31.3 Å². The average Bonchev–Trinajstić information content (AvgIpc) is 3.39. The Bertz CT molecular complexity index is 515. The summed E-state index contributed by atoms with van der Waals surface area (Å²) in [5, 5.41) is 13.3. The first-order chi connectivity index (χ1) is 10.6. The number of rotatable bonds is 8. The Morgan fingerprint density at radius 3 is 2.77 bits per heavy atom. The van der Waals surface area contributed by atoms with Crippen molar-refractivity contribution in [3.05, 3.63) is 34.9 Å². The third kappa shape index (κ3) is 4.45. The molecule has 3 rings (SSSR count). The minimum absolute atomic E-state index is 0.0146. The van der Waals surface area contributed by atoms with Crippen molar-refractivity contribution < 1.29 is 14.6 Å². The molecule has 2 saturated carbocycles. The van der Waals surface area contributed by atoms with Crippen LogP contribution < -0.4 is 5.32 Å². The van der Waals surface area contributed by atoms with Gasteiger partial charge in [-0.25, -0.2) is 0 Å². The van der Waals surface area contributed by atoms with Crippen LogP contribution in [0.1, 0.15) is 30.7 Å². The first-order valence-corrected chi connectivity index (χ1v) is 8.30. The molecule has 2 fully saturated rings. The molecule has 0 bridgehead atoms. The van der Waals surface area contributed by atoms with Gasteiger partial charge in [0.15, 0.2) is 0 Å². The fourth-order valence-corrected chi connectivity index (χ4v) is 2.75. The fraction of sp³-hybridized carbons (Fsp3) is 0.588. The molecule has 0 saturated heterocycles. The Hall–Kier alpha value is -1.10. The number of ether oxygens (including phenoxy) is 1. The molecule has 3 atom stereocenters. The summed E-state index contributed by atoms with van der Waals surface area (Å²) in [6.07, 6.45) is 2.71. The molecule has 120 valence electrons. The molecule has 0 radical (unpaired) electrons. The van der Waals surface area contributed by atoms with Gasteiger partial charge in [0.1, 0.15) is 0 Å². The highest BCUT2D eigenvalue weighted by Gasteiger charge is 2.43.